The Kier molecular flexibility index (Phi) is 4.02. The van der Waals surface area contributed by atoms with Crippen LogP contribution < -0.4 is 5.56 Å². The second kappa shape index (κ2) is 5.77. The van der Waals surface area contributed by atoms with Crippen LogP contribution in [-0.2, 0) is 13.1 Å². The molecule has 0 aliphatic heterocycles. The molecule has 0 radical (unpaired) electrons. The lowest BCUT2D eigenvalue weighted by atomic mass is 10.3. The Balaban J connectivity index is 1.76. The normalized spacial score (nSPS) is 11.6. The molecule has 0 aromatic carbocycles. The second-order valence-corrected chi connectivity index (χ2v) is 7.94. The fraction of sp³-hybridized carbons (Fsp3) is 0.231. The number of aromatic nitrogens is 2. The molecule has 3 aromatic heterocycles. The first-order valence-corrected chi connectivity index (χ1v) is 8.49. The third-order valence-electron chi connectivity index (χ3n) is 2.84. The number of rotatable bonds is 4. The van der Waals surface area contributed by atoms with E-state index in [1.165, 1.54) is 16.2 Å². The van der Waals surface area contributed by atoms with Crippen molar-refractivity contribution in [3.05, 3.63) is 54.5 Å². The van der Waals surface area contributed by atoms with Crippen LogP contribution in [0.3, 0.4) is 0 Å². The van der Waals surface area contributed by atoms with Crippen LogP contribution in [0.4, 0.5) is 0 Å². The molecule has 0 atom stereocenters. The average molecular weight is 370 g/mol. The third kappa shape index (κ3) is 3.01. The topological polar surface area (TPSA) is 37.6 Å². The van der Waals surface area contributed by atoms with Gasteiger partial charge in [0.2, 0.25) is 0 Å². The largest absolute Gasteiger partial charge is 0.295 e. The maximum Gasteiger partial charge on any atom is 0.258 e. The van der Waals surface area contributed by atoms with Crippen LogP contribution in [0.2, 0.25) is 0 Å². The number of hydrogen-bond acceptors (Lipinski definition) is 5. The Morgan fingerprint density at radius 2 is 2.25 bits per heavy atom. The van der Waals surface area contributed by atoms with Gasteiger partial charge < -0.3 is 0 Å². The summed E-state index contributed by atoms with van der Waals surface area (Å²) in [7, 11) is 2.03. The third-order valence-corrected chi connectivity index (χ3v) is 5.21. The molecule has 104 valence electrons. The smallest absolute Gasteiger partial charge is 0.258 e. The molecule has 20 heavy (non-hydrogen) atoms. The van der Waals surface area contributed by atoms with Crippen LogP contribution in [0.15, 0.2) is 38.4 Å². The molecule has 0 aliphatic rings. The summed E-state index contributed by atoms with van der Waals surface area (Å²) in [4.78, 5) is 20.6. The number of hydrogen-bond donors (Lipinski definition) is 0. The minimum atomic E-state index is -0.0153. The van der Waals surface area contributed by atoms with Gasteiger partial charge in [-0.15, -0.1) is 22.7 Å². The van der Waals surface area contributed by atoms with E-state index in [1.807, 2.05) is 12.4 Å². The van der Waals surface area contributed by atoms with Crippen molar-refractivity contribution in [2.75, 3.05) is 7.05 Å². The molecule has 0 fully saturated rings. The summed E-state index contributed by atoms with van der Waals surface area (Å²) in [5, 5.41) is 1.88. The van der Waals surface area contributed by atoms with E-state index < -0.39 is 0 Å². The highest BCUT2D eigenvalue weighted by atomic mass is 79.9. The lowest BCUT2D eigenvalue weighted by molar-refractivity contribution is 0.318. The van der Waals surface area contributed by atoms with Gasteiger partial charge in [-0.2, -0.15) is 0 Å². The monoisotopic (exact) mass is 369 g/mol. The standard InChI is InChI=1S/C13H12BrN3OS2/c1-16(8-10-2-3-11(14)20-10)7-9-6-12(18)17-4-5-19-13(17)15-9/h2-6H,7-8H2,1H3. The van der Waals surface area contributed by atoms with Gasteiger partial charge in [-0.25, -0.2) is 4.98 Å². The highest BCUT2D eigenvalue weighted by molar-refractivity contribution is 9.11. The highest BCUT2D eigenvalue weighted by Crippen LogP contribution is 2.23. The fourth-order valence-electron chi connectivity index (χ4n) is 2.00. The Labute approximate surface area is 132 Å². The van der Waals surface area contributed by atoms with E-state index in [0.717, 1.165) is 21.0 Å². The molecule has 0 bridgehead atoms. The number of nitrogens with zero attached hydrogens (tertiary/aromatic N) is 3. The van der Waals surface area contributed by atoms with Crippen LogP contribution in [0, 0.1) is 0 Å². The van der Waals surface area contributed by atoms with Gasteiger partial charge in [0.1, 0.15) is 0 Å². The minimum Gasteiger partial charge on any atom is -0.295 e. The zero-order chi connectivity index (χ0) is 14.1. The first-order chi connectivity index (χ1) is 9.61. The van der Waals surface area contributed by atoms with Gasteiger partial charge in [0.25, 0.3) is 5.56 Å². The molecule has 3 rings (SSSR count). The summed E-state index contributed by atoms with van der Waals surface area (Å²) in [5.41, 5.74) is 0.800. The van der Waals surface area contributed by atoms with Gasteiger partial charge in [0.05, 0.1) is 9.48 Å². The summed E-state index contributed by atoms with van der Waals surface area (Å²) in [6.07, 6.45) is 1.76. The van der Waals surface area contributed by atoms with Crippen molar-refractivity contribution in [1.29, 1.82) is 0 Å². The predicted octanol–water partition coefficient (Wildman–Crippen LogP) is 3.21. The molecule has 3 aromatic rings. The van der Waals surface area contributed by atoms with Crippen molar-refractivity contribution < 1.29 is 0 Å². The first kappa shape index (κ1) is 13.9. The van der Waals surface area contributed by atoms with Gasteiger partial charge in [0.15, 0.2) is 4.96 Å². The molecule has 0 saturated carbocycles. The Morgan fingerprint density at radius 1 is 1.40 bits per heavy atom. The minimum absolute atomic E-state index is 0.0153. The molecule has 0 spiro atoms. The van der Waals surface area contributed by atoms with Crippen molar-refractivity contribution in [3.63, 3.8) is 0 Å². The summed E-state index contributed by atoms with van der Waals surface area (Å²) in [6.45, 7) is 1.51. The Morgan fingerprint density at radius 3 is 3.00 bits per heavy atom. The summed E-state index contributed by atoms with van der Waals surface area (Å²) >= 11 is 6.67. The molecular weight excluding hydrogens is 358 g/mol. The van der Waals surface area contributed by atoms with E-state index in [1.54, 1.807) is 28.0 Å². The number of thiophene rings is 1. The fourth-order valence-corrected chi connectivity index (χ4v) is 4.31. The average Bonchev–Trinajstić information content (AvgIpc) is 2.98. The lowest BCUT2D eigenvalue weighted by Crippen LogP contribution is -2.20. The number of fused-ring (bicyclic) bond motifs is 1. The highest BCUT2D eigenvalue weighted by Gasteiger charge is 2.08. The molecule has 0 unspecified atom stereocenters. The maximum absolute atomic E-state index is 11.9. The zero-order valence-electron chi connectivity index (χ0n) is 10.7. The van der Waals surface area contributed by atoms with Gasteiger partial charge in [-0.05, 0) is 35.1 Å². The molecule has 7 heteroatoms. The van der Waals surface area contributed by atoms with Crippen molar-refractivity contribution in [3.8, 4) is 0 Å². The lowest BCUT2D eigenvalue weighted by Gasteiger charge is -2.14. The van der Waals surface area contributed by atoms with E-state index in [2.05, 4.69) is 37.9 Å². The van der Waals surface area contributed by atoms with E-state index in [-0.39, 0.29) is 5.56 Å². The SMILES string of the molecule is CN(Cc1cc(=O)n2ccsc2n1)Cc1ccc(Br)s1. The summed E-state index contributed by atoms with van der Waals surface area (Å²) in [5.74, 6) is 0. The van der Waals surface area contributed by atoms with Gasteiger partial charge >= 0.3 is 0 Å². The number of halogens is 1. The summed E-state index contributed by atoms with van der Waals surface area (Å²) in [6, 6.07) is 5.77. The molecule has 0 saturated heterocycles. The maximum atomic E-state index is 11.9. The molecule has 3 heterocycles. The first-order valence-electron chi connectivity index (χ1n) is 6.00. The quantitative estimate of drug-likeness (QED) is 0.708. The van der Waals surface area contributed by atoms with E-state index in [9.17, 15) is 4.79 Å². The molecule has 0 aliphatic carbocycles. The summed E-state index contributed by atoms with van der Waals surface area (Å²) < 4.78 is 2.71. The van der Waals surface area contributed by atoms with Crippen molar-refractivity contribution in [2.24, 2.45) is 0 Å². The molecular formula is C13H12BrN3OS2. The van der Waals surface area contributed by atoms with Gasteiger partial charge in [0, 0.05) is 35.6 Å². The van der Waals surface area contributed by atoms with Crippen LogP contribution in [0.5, 0.6) is 0 Å². The van der Waals surface area contributed by atoms with Crippen LogP contribution in [0.1, 0.15) is 10.6 Å². The van der Waals surface area contributed by atoms with Gasteiger partial charge in [-0.1, -0.05) is 0 Å². The van der Waals surface area contributed by atoms with E-state index >= 15 is 0 Å². The Bertz CT molecular complexity index is 792. The van der Waals surface area contributed by atoms with E-state index in [0.29, 0.717) is 6.54 Å². The van der Waals surface area contributed by atoms with Crippen LogP contribution >= 0.6 is 38.6 Å². The molecule has 0 N–H and O–H groups in total. The van der Waals surface area contributed by atoms with Gasteiger partial charge in [-0.3, -0.25) is 14.1 Å². The van der Waals surface area contributed by atoms with Crippen molar-refractivity contribution in [2.45, 2.75) is 13.1 Å². The van der Waals surface area contributed by atoms with Crippen molar-refractivity contribution >= 4 is 43.6 Å². The zero-order valence-corrected chi connectivity index (χ0v) is 14.0. The van der Waals surface area contributed by atoms with Crippen molar-refractivity contribution in [1.82, 2.24) is 14.3 Å². The molecule has 4 nitrogen and oxygen atoms in total. The Hall–Kier alpha value is -1.02. The predicted molar refractivity (Wildman–Crippen MR) is 86.5 cm³/mol. The van der Waals surface area contributed by atoms with Crippen LogP contribution in [-0.4, -0.2) is 21.3 Å². The molecule has 0 amide bonds. The second-order valence-electron chi connectivity index (χ2n) is 4.52. The number of thiazole rings is 1. The van der Waals surface area contributed by atoms with E-state index in [4.69, 9.17) is 0 Å². The van der Waals surface area contributed by atoms with Crippen LogP contribution in [0.25, 0.3) is 4.96 Å².